The van der Waals surface area contributed by atoms with E-state index >= 15 is 0 Å². The predicted molar refractivity (Wildman–Crippen MR) is 98.8 cm³/mol. The lowest BCUT2D eigenvalue weighted by atomic mass is 10.2. The Kier molecular flexibility index (Phi) is 4.31. The van der Waals surface area contributed by atoms with Gasteiger partial charge in [0.25, 0.3) is 5.56 Å². The monoisotopic (exact) mass is 364 g/mol. The fourth-order valence-electron chi connectivity index (χ4n) is 3.30. The molecule has 8 heteroatoms. The van der Waals surface area contributed by atoms with Crippen LogP contribution in [0.5, 0.6) is 0 Å². The normalized spacial score (nSPS) is 16.2. The number of aryl methyl sites for hydroxylation is 1. The van der Waals surface area contributed by atoms with Gasteiger partial charge < -0.3 is 4.90 Å². The number of fused-ring (bicyclic) bond motifs is 1. The summed E-state index contributed by atoms with van der Waals surface area (Å²) >= 11 is 0. The molecule has 1 aliphatic heterocycles. The third kappa shape index (κ3) is 3.25. The summed E-state index contributed by atoms with van der Waals surface area (Å²) in [6.07, 6.45) is 0. The van der Waals surface area contributed by atoms with Crippen LogP contribution >= 0.6 is 0 Å². The predicted octanol–water partition coefficient (Wildman–Crippen LogP) is 1.41. The van der Waals surface area contributed by atoms with Gasteiger partial charge in [0.05, 0.1) is 18.3 Å². The number of benzene rings is 1. The minimum absolute atomic E-state index is 0.0788. The van der Waals surface area contributed by atoms with Crippen molar-refractivity contribution in [1.29, 1.82) is 0 Å². The van der Waals surface area contributed by atoms with Gasteiger partial charge in [-0.2, -0.15) is 10.2 Å². The maximum Gasteiger partial charge on any atom is 0.267 e. The molecule has 0 unspecified atom stereocenters. The molecule has 0 spiro atoms. The molecule has 138 valence electrons. The maximum absolute atomic E-state index is 12.8. The number of aromatic nitrogens is 5. The van der Waals surface area contributed by atoms with E-state index in [4.69, 9.17) is 0 Å². The fraction of sp³-hybridized carbons (Fsp3) is 0.316. The van der Waals surface area contributed by atoms with E-state index in [9.17, 15) is 9.59 Å². The maximum atomic E-state index is 12.8. The molecular formula is C19H20N6O2. The lowest BCUT2D eigenvalue weighted by molar-refractivity contribution is -0.135. The van der Waals surface area contributed by atoms with Gasteiger partial charge in [-0.25, -0.2) is 14.3 Å². The van der Waals surface area contributed by atoms with Gasteiger partial charge in [-0.05, 0) is 19.9 Å². The summed E-state index contributed by atoms with van der Waals surface area (Å²) < 4.78 is 3.06. The topological polar surface area (TPSA) is 85.9 Å². The second kappa shape index (κ2) is 6.79. The molecule has 3 heterocycles. The Bertz CT molecular complexity index is 1040. The molecule has 1 amide bonds. The van der Waals surface area contributed by atoms with Crippen LogP contribution in [0.2, 0.25) is 0 Å². The average molecular weight is 364 g/mol. The van der Waals surface area contributed by atoms with Crippen molar-refractivity contribution < 1.29 is 4.79 Å². The summed E-state index contributed by atoms with van der Waals surface area (Å²) in [5.74, 6) is 1.25. The first kappa shape index (κ1) is 17.1. The Balaban J connectivity index is 1.57. The summed E-state index contributed by atoms with van der Waals surface area (Å²) in [5.41, 5.74) is 1.36. The van der Waals surface area contributed by atoms with E-state index in [1.54, 1.807) is 17.9 Å². The molecule has 1 atom stereocenters. The summed E-state index contributed by atoms with van der Waals surface area (Å²) in [6, 6.07) is 12.6. The fourth-order valence-corrected chi connectivity index (χ4v) is 3.30. The number of amides is 1. The Morgan fingerprint density at radius 3 is 2.67 bits per heavy atom. The van der Waals surface area contributed by atoms with Crippen LogP contribution < -0.4 is 5.56 Å². The molecule has 27 heavy (non-hydrogen) atoms. The van der Waals surface area contributed by atoms with Crippen molar-refractivity contribution in [3.63, 3.8) is 0 Å². The Morgan fingerprint density at radius 2 is 1.89 bits per heavy atom. The highest BCUT2D eigenvalue weighted by Gasteiger charge is 2.31. The number of carbonyl (C=O) groups is 1. The van der Waals surface area contributed by atoms with Crippen molar-refractivity contribution in [1.82, 2.24) is 29.4 Å². The Morgan fingerprint density at radius 1 is 1.11 bits per heavy atom. The molecule has 4 rings (SSSR count). The molecule has 2 aromatic heterocycles. The average Bonchev–Trinajstić information content (AvgIpc) is 3.11. The van der Waals surface area contributed by atoms with Crippen LogP contribution in [-0.2, 0) is 17.9 Å². The van der Waals surface area contributed by atoms with Gasteiger partial charge in [-0.1, -0.05) is 30.3 Å². The van der Waals surface area contributed by atoms with E-state index in [0.717, 1.165) is 11.4 Å². The summed E-state index contributed by atoms with van der Waals surface area (Å²) in [5, 5.41) is 8.72. The SMILES string of the molecule is Cc1ccc(=O)n(CC(=O)N2CCn3nc(-c4ccccc4)nc3[C@@H]2C)n1. The van der Waals surface area contributed by atoms with Crippen LogP contribution in [0.25, 0.3) is 11.4 Å². The van der Waals surface area contributed by atoms with Crippen molar-refractivity contribution in [2.75, 3.05) is 6.54 Å². The third-order valence-corrected chi connectivity index (χ3v) is 4.73. The van der Waals surface area contributed by atoms with Crippen LogP contribution in [0.15, 0.2) is 47.3 Å². The zero-order chi connectivity index (χ0) is 19.0. The van der Waals surface area contributed by atoms with Crippen LogP contribution in [0, 0.1) is 6.92 Å². The zero-order valence-corrected chi connectivity index (χ0v) is 15.2. The van der Waals surface area contributed by atoms with Crippen LogP contribution in [0.3, 0.4) is 0 Å². The van der Waals surface area contributed by atoms with Crippen LogP contribution in [0.1, 0.15) is 24.5 Å². The summed E-state index contributed by atoms with van der Waals surface area (Å²) in [6.45, 7) is 4.73. The van der Waals surface area contributed by atoms with Crippen LogP contribution in [0.4, 0.5) is 0 Å². The van der Waals surface area contributed by atoms with Crippen LogP contribution in [-0.4, -0.2) is 41.9 Å². The largest absolute Gasteiger partial charge is 0.329 e. The molecule has 1 aromatic carbocycles. The highest BCUT2D eigenvalue weighted by molar-refractivity contribution is 5.76. The molecule has 1 aliphatic rings. The lowest BCUT2D eigenvalue weighted by Gasteiger charge is -2.32. The lowest BCUT2D eigenvalue weighted by Crippen LogP contribution is -2.44. The van der Waals surface area contributed by atoms with E-state index in [2.05, 4.69) is 15.2 Å². The molecule has 3 aromatic rings. The molecule has 0 N–H and O–H groups in total. The molecule has 0 aliphatic carbocycles. The van der Waals surface area contributed by atoms with E-state index in [-0.39, 0.29) is 24.1 Å². The number of hydrogen-bond acceptors (Lipinski definition) is 5. The highest BCUT2D eigenvalue weighted by atomic mass is 16.2. The Labute approximate surface area is 156 Å². The number of rotatable bonds is 3. The first-order chi connectivity index (χ1) is 13.0. The van der Waals surface area contributed by atoms with Crippen molar-refractivity contribution in [3.05, 3.63) is 64.3 Å². The summed E-state index contributed by atoms with van der Waals surface area (Å²) in [4.78, 5) is 31.1. The first-order valence-corrected chi connectivity index (χ1v) is 8.87. The van der Waals surface area contributed by atoms with Gasteiger partial charge >= 0.3 is 0 Å². The summed E-state index contributed by atoms with van der Waals surface area (Å²) in [7, 11) is 0. The van der Waals surface area contributed by atoms with Gasteiger partial charge in [0.2, 0.25) is 5.91 Å². The molecule has 0 saturated carbocycles. The van der Waals surface area contributed by atoms with Crippen molar-refractivity contribution in [2.24, 2.45) is 0 Å². The third-order valence-electron chi connectivity index (χ3n) is 4.73. The molecule has 0 bridgehead atoms. The minimum Gasteiger partial charge on any atom is -0.329 e. The van der Waals surface area contributed by atoms with E-state index in [1.165, 1.54) is 10.7 Å². The standard InChI is InChI=1S/C19H20N6O2/c1-13-8-9-16(26)25(21-13)12-17(27)23-10-11-24-19(14(23)2)20-18(22-24)15-6-4-3-5-7-15/h3-9,14H,10-12H2,1-2H3/t14-/m0/s1. The minimum atomic E-state index is -0.284. The highest BCUT2D eigenvalue weighted by Crippen LogP contribution is 2.26. The first-order valence-electron chi connectivity index (χ1n) is 8.87. The smallest absolute Gasteiger partial charge is 0.267 e. The van der Waals surface area contributed by atoms with E-state index in [0.29, 0.717) is 24.6 Å². The molecule has 0 saturated heterocycles. The molecule has 8 nitrogen and oxygen atoms in total. The van der Waals surface area contributed by atoms with Crippen molar-refractivity contribution in [2.45, 2.75) is 33.0 Å². The Hall–Kier alpha value is -3.29. The number of hydrogen-bond donors (Lipinski definition) is 0. The van der Waals surface area contributed by atoms with Gasteiger partial charge in [0.1, 0.15) is 12.4 Å². The molecule has 0 fully saturated rings. The quantitative estimate of drug-likeness (QED) is 0.701. The van der Waals surface area contributed by atoms with E-state index < -0.39 is 0 Å². The van der Waals surface area contributed by atoms with Crippen molar-refractivity contribution in [3.8, 4) is 11.4 Å². The molecule has 0 radical (unpaired) electrons. The second-order valence-electron chi connectivity index (χ2n) is 6.62. The van der Waals surface area contributed by atoms with Gasteiger partial charge in [0, 0.05) is 18.2 Å². The number of carbonyl (C=O) groups excluding carboxylic acids is 1. The van der Waals surface area contributed by atoms with Gasteiger partial charge in [-0.3, -0.25) is 9.59 Å². The van der Waals surface area contributed by atoms with Gasteiger partial charge in [-0.15, -0.1) is 0 Å². The molecular weight excluding hydrogens is 344 g/mol. The van der Waals surface area contributed by atoms with E-state index in [1.807, 2.05) is 41.9 Å². The number of nitrogens with zero attached hydrogens (tertiary/aromatic N) is 6. The zero-order valence-electron chi connectivity index (χ0n) is 15.2. The van der Waals surface area contributed by atoms with Crippen molar-refractivity contribution >= 4 is 5.91 Å². The van der Waals surface area contributed by atoms with Gasteiger partial charge in [0.15, 0.2) is 5.82 Å². The second-order valence-corrected chi connectivity index (χ2v) is 6.62.